The number of ether oxygens (including phenoxy) is 1. The molecule has 0 unspecified atom stereocenters. The van der Waals surface area contributed by atoms with E-state index in [4.69, 9.17) is 4.74 Å². The second-order valence-electron chi connectivity index (χ2n) is 5.04. The van der Waals surface area contributed by atoms with E-state index < -0.39 is 0 Å². The summed E-state index contributed by atoms with van der Waals surface area (Å²) in [7, 11) is 0. The maximum absolute atomic E-state index is 11.6. The van der Waals surface area contributed by atoms with Crippen LogP contribution in [0, 0.1) is 0 Å². The summed E-state index contributed by atoms with van der Waals surface area (Å²) in [5.74, 6) is 1.15. The molecule has 0 saturated heterocycles. The van der Waals surface area contributed by atoms with Crippen LogP contribution >= 0.6 is 0 Å². The maximum atomic E-state index is 11.6. The van der Waals surface area contributed by atoms with Crippen molar-refractivity contribution in [1.82, 2.24) is 5.32 Å². The number of benzene rings is 1. The number of rotatable bonds is 8. The summed E-state index contributed by atoms with van der Waals surface area (Å²) in [5, 5.41) is 2.87. The zero-order chi connectivity index (χ0) is 14.1. The lowest BCUT2D eigenvalue weighted by Crippen LogP contribution is -2.29. The summed E-state index contributed by atoms with van der Waals surface area (Å²) >= 11 is 0. The highest BCUT2D eigenvalue weighted by Crippen LogP contribution is 2.25. The number of amides is 1. The van der Waals surface area contributed by atoms with Gasteiger partial charge in [0.15, 0.2) is 6.61 Å². The molecule has 106 valence electrons. The van der Waals surface area contributed by atoms with Gasteiger partial charge in [0.2, 0.25) is 0 Å². The van der Waals surface area contributed by atoms with E-state index in [0.29, 0.717) is 5.92 Å². The number of carbonyl (C=O) groups is 1. The van der Waals surface area contributed by atoms with Gasteiger partial charge in [0.05, 0.1) is 0 Å². The molecule has 0 fully saturated rings. The molecule has 0 saturated carbocycles. The Morgan fingerprint density at radius 3 is 2.68 bits per heavy atom. The Balaban J connectivity index is 2.38. The predicted octanol–water partition coefficient (Wildman–Crippen LogP) is 3.50. The van der Waals surface area contributed by atoms with E-state index in [1.54, 1.807) is 0 Å². The number of hydrogen-bond donors (Lipinski definition) is 1. The van der Waals surface area contributed by atoms with Crippen molar-refractivity contribution in [3.63, 3.8) is 0 Å². The summed E-state index contributed by atoms with van der Waals surface area (Å²) in [6, 6.07) is 7.88. The summed E-state index contributed by atoms with van der Waals surface area (Å²) in [4.78, 5) is 11.6. The quantitative estimate of drug-likeness (QED) is 0.729. The highest BCUT2D eigenvalue weighted by atomic mass is 16.5. The largest absolute Gasteiger partial charge is 0.483 e. The van der Waals surface area contributed by atoms with Crippen LogP contribution in [0.3, 0.4) is 0 Å². The van der Waals surface area contributed by atoms with Gasteiger partial charge in [0.25, 0.3) is 5.91 Å². The van der Waals surface area contributed by atoms with E-state index in [0.717, 1.165) is 37.1 Å². The van der Waals surface area contributed by atoms with Gasteiger partial charge in [-0.2, -0.15) is 0 Å². The highest BCUT2D eigenvalue weighted by Gasteiger charge is 2.08. The molecule has 1 rings (SSSR count). The molecule has 0 bridgehead atoms. The molecule has 0 aliphatic rings. The lowest BCUT2D eigenvalue weighted by atomic mass is 10.0. The van der Waals surface area contributed by atoms with Gasteiger partial charge in [-0.05, 0) is 24.0 Å². The molecule has 1 N–H and O–H groups in total. The van der Waals surface area contributed by atoms with Gasteiger partial charge in [-0.25, -0.2) is 0 Å². The first kappa shape index (κ1) is 15.5. The smallest absolute Gasteiger partial charge is 0.257 e. The van der Waals surface area contributed by atoms with Crippen LogP contribution in [0.25, 0.3) is 0 Å². The molecule has 0 radical (unpaired) electrons. The first-order valence-corrected chi connectivity index (χ1v) is 7.13. The van der Waals surface area contributed by atoms with Gasteiger partial charge in [0, 0.05) is 6.54 Å². The minimum Gasteiger partial charge on any atom is -0.483 e. The van der Waals surface area contributed by atoms with Crippen LogP contribution < -0.4 is 10.1 Å². The van der Waals surface area contributed by atoms with Crippen molar-refractivity contribution in [1.29, 1.82) is 0 Å². The Morgan fingerprint density at radius 1 is 1.26 bits per heavy atom. The Bertz CT molecular complexity index is 388. The van der Waals surface area contributed by atoms with Crippen LogP contribution in [0.4, 0.5) is 0 Å². The highest BCUT2D eigenvalue weighted by molar-refractivity contribution is 5.77. The third kappa shape index (κ3) is 5.77. The second-order valence-corrected chi connectivity index (χ2v) is 5.04. The van der Waals surface area contributed by atoms with E-state index in [-0.39, 0.29) is 12.5 Å². The van der Waals surface area contributed by atoms with E-state index >= 15 is 0 Å². The van der Waals surface area contributed by atoms with E-state index in [1.807, 2.05) is 24.3 Å². The zero-order valence-corrected chi connectivity index (χ0v) is 12.2. The van der Waals surface area contributed by atoms with Gasteiger partial charge in [-0.3, -0.25) is 4.79 Å². The molecule has 0 spiro atoms. The van der Waals surface area contributed by atoms with Crippen molar-refractivity contribution < 1.29 is 9.53 Å². The molecule has 19 heavy (non-hydrogen) atoms. The van der Waals surface area contributed by atoms with Crippen LogP contribution in [0.15, 0.2) is 24.3 Å². The third-order valence-electron chi connectivity index (χ3n) is 3.00. The van der Waals surface area contributed by atoms with E-state index in [1.165, 1.54) is 0 Å². The molecule has 0 aliphatic carbocycles. The maximum Gasteiger partial charge on any atom is 0.257 e. The summed E-state index contributed by atoms with van der Waals surface area (Å²) in [6.07, 6.45) is 3.34. The predicted molar refractivity (Wildman–Crippen MR) is 78.6 cm³/mol. The Kier molecular flexibility index (Phi) is 7.01. The van der Waals surface area contributed by atoms with Crippen LogP contribution in [-0.4, -0.2) is 19.1 Å². The van der Waals surface area contributed by atoms with E-state index in [2.05, 4.69) is 26.1 Å². The van der Waals surface area contributed by atoms with Crippen molar-refractivity contribution in [2.24, 2.45) is 0 Å². The third-order valence-corrected chi connectivity index (χ3v) is 3.00. The molecule has 1 amide bonds. The SMILES string of the molecule is CCCCCNC(=O)COc1ccccc1C(C)C. The van der Waals surface area contributed by atoms with Gasteiger partial charge >= 0.3 is 0 Å². The minimum absolute atomic E-state index is 0.0466. The van der Waals surface area contributed by atoms with E-state index in [9.17, 15) is 4.79 Å². The average molecular weight is 263 g/mol. The lowest BCUT2D eigenvalue weighted by Gasteiger charge is -2.13. The zero-order valence-electron chi connectivity index (χ0n) is 12.2. The second kappa shape index (κ2) is 8.57. The minimum atomic E-state index is -0.0466. The van der Waals surface area contributed by atoms with Gasteiger partial charge in [0.1, 0.15) is 5.75 Å². The standard InChI is InChI=1S/C16H25NO2/c1-4-5-8-11-17-16(18)12-19-15-10-7-6-9-14(15)13(2)3/h6-7,9-10,13H,4-5,8,11-12H2,1-3H3,(H,17,18). The lowest BCUT2D eigenvalue weighted by molar-refractivity contribution is -0.123. The van der Waals surface area contributed by atoms with Crippen molar-refractivity contribution >= 4 is 5.91 Å². The Labute approximate surface area is 116 Å². The fourth-order valence-electron chi connectivity index (χ4n) is 1.89. The Morgan fingerprint density at radius 2 is 2.00 bits per heavy atom. The number of hydrogen-bond acceptors (Lipinski definition) is 2. The van der Waals surface area contributed by atoms with Crippen molar-refractivity contribution in [3.8, 4) is 5.75 Å². The molecule has 1 aromatic carbocycles. The van der Waals surface area contributed by atoms with Crippen molar-refractivity contribution in [2.75, 3.05) is 13.2 Å². The fourth-order valence-corrected chi connectivity index (χ4v) is 1.89. The monoisotopic (exact) mass is 263 g/mol. The summed E-state index contributed by atoms with van der Waals surface area (Å²) in [6.45, 7) is 7.21. The van der Waals surface area contributed by atoms with Gasteiger partial charge in [-0.15, -0.1) is 0 Å². The summed E-state index contributed by atoms with van der Waals surface area (Å²) in [5.41, 5.74) is 1.14. The topological polar surface area (TPSA) is 38.3 Å². The molecular weight excluding hydrogens is 238 g/mol. The van der Waals surface area contributed by atoms with Crippen molar-refractivity contribution in [3.05, 3.63) is 29.8 Å². The number of carbonyl (C=O) groups excluding carboxylic acids is 1. The first-order valence-electron chi connectivity index (χ1n) is 7.13. The van der Waals surface area contributed by atoms with Gasteiger partial charge in [-0.1, -0.05) is 51.8 Å². The molecule has 0 aliphatic heterocycles. The molecular formula is C16H25NO2. The van der Waals surface area contributed by atoms with Crippen LogP contribution in [0.2, 0.25) is 0 Å². The Hall–Kier alpha value is -1.51. The van der Waals surface area contributed by atoms with Gasteiger partial charge < -0.3 is 10.1 Å². The number of para-hydroxylation sites is 1. The molecule has 3 heteroatoms. The molecule has 0 heterocycles. The number of unbranched alkanes of at least 4 members (excludes halogenated alkanes) is 2. The summed E-state index contributed by atoms with van der Waals surface area (Å²) < 4.78 is 5.61. The first-order chi connectivity index (χ1) is 9.15. The van der Waals surface area contributed by atoms with Crippen LogP contribution in [0.1, 0.15) is 51.5 Å². The van der Waals surface area contributed by atoms with Crippen molar-refractivity contribution in [2.45, 2.75) is 46.0 Å². The van der Waals surface area contributed by atoms with Crippen LogP contribution in [0.5, 0.6) is 5.75 Å². The molecule has 0 aromatic heterocycles. The molecule has 1 aromatic rings. The molecule has 0 atom stereocenters. The van der Waals surface area contributed by atoms with Crippen LogP contribution in [-0.2, 0) is 4.79 Å². The average Bonchev–Trinajstić information content (AvgIpc) is 2.41. The molecule has 3 nitrogen and oxygen atoms in total. The normalized spacial score (nSPS) is 10.5. The fraction of sp³-hybridized carbons (Fsp3) is 0.562. The number of nitrogens with one attached hydrogen (secondary N) is 1.